The number of benzene rings is 2. The third-order valence-electron chi connectivity index (χ3n) is 6.54. The van der Waals surface area contributed by atoms with Crippen molar-refractivity contribution in [1.29, 1.82) is 5.41 Å². The molecule has 1 aliphatic carbocycles. The molecule has 29 heavy (non-hydrogen) atoms. The van der Waals surface area contributed by atoms with Gasteiger partial charge in [-0.15, -0.1) is 11.3 Å². The molecule has 1 atom stereocenters. The molecule has 4 nitrogen and oxygen atoms in total. The van der Waals surface area contributed by atoms with E-state index in [1.54, 1.807) is 25.2 Å². The van der Waals surface area contributed by atoms with Crippen LogP contribution in [0.5, 0.6) is 0 Å². The zero-order valence-electron chi connectivity index (χ0n) is 16.8. The van der Waals surface area contributed by atoms with Gasteiger partial charge in [0, 0.05) is 20.2 Å². The summed E-state index contributed by atoms with van der Waals surface area (Å²) in [5.41, 5.74) is 2.77. The van der Waals surface area contributed by atoms with Crippen LogP contribution in [0.15, 0.2) is 42.5 Å². The first-order valence-corrected chi connectivity index (χ1v) is 12.3. The number of sulfone groups is 1. The fraction of sp³-hybridized carbons (Fsp3) is 0.348. The maximum absolute atomic E-state index is 12.9. The van der Waals surface area contributed by atoms with E-state index < -0.39 is 20.1 Å². The van der Waals surface area contributed by atoms with Gasteiger partial charge in [-0.05, 0) is 74.6 Å². The second kappa shape index (κ2) is 5.92. The van der Waals surface area contributed by atoms with Gasteiger partial charge in [0.05, 0.1) is 11.3 Å². The summed E-state index contributed by atoms with van der Waals surface area (Å²) >= 11 is 1.76. The van der Waals surface area contributed by atoms with Gasteiger partial charge in [0.25, 0.3) is 0 Å². The number of nitrogens with one attached hydrogen (secondary N) is 2. The lowest BCUT2D eigenvalue weighted by molar-refractivity contribution is 0.443. The first-order valence-electron chi connectivity index (χ1n) is 9.86. The van der Waals surface area contributed by atoms with Gasteiger partial charge in [-0.2, -0.15) is 0 Å². The lowest BCUT2D eigenvalue weighted by atomic mass is 9.89. The average Bonchev–Trinajstić information content (AvgIpc) is 2.96. The fourth-order valence-electron chi connectivity index (χ4n) is 4.21. The van der Waals surface area contributed by atoms with Crippen LogP contribution in [0.25, 0.3) is 25.7 Å². The van der Waals surface area contributed by atoms with Crippen LogP contribution in [0.2, 0.25) is 0 Å². The molecular formula is C23H24N2O2S2. The van der Waals surface area contributed by atoms with Gasteiger partial charge in [-0.1, -0.05) is 18.2 Å². The highest BCUT2D eigenvalue weighted by atomic mass is 32.2. The molecule has 1 fully saturated rings. The summed E-state index contributed by atoms with van der Waals surface area (Å²) in [6.45, 7) is 5.08. The summed E-state index contributed by atoms with van der Waals surface area (Å²) in [7, 11) is -3.45. The van der Waals surface area contributed by atoms with Gasteiger partial charge < -0.3 is 5.32 Å². The van der Waals surface area contributed by atoms with Crippen molar-refractivity contribution in [2.45, 2.75) is 43.9 Å². The normalized spacial score (nSPS) is 25.5. The van der Waals surface area contributed by atoms with E-state index in [4.69, 9.17) is 5.41 Å². The van der Waals surface area contributed by atoms with Crippen LogP contribution in [0.3, 0.4) is 0 Å². The van der Waals surface area contributed by atoms with E-state index in [1.165, 1.54) is 25.9 Å². The van der Waals surface area contributed by atoms with Gasteiger partial charge in [-0.25, -0.2) is 8.42 Å². The summed E-state index contributed by atoms with van der Waals surface area (Å²) in [5, 5.41) is 13.9. The van der Waals surface area contributed by atoms with E-state index in [1.807, 2.05) is 13.0 Å². The van der Waals surface area contributed by atoms with E-state index >= 15 is 0 Å². The molecule has 2 heterocycles. The third-order valence-corrected chi connectivity index (χ3v) is 10.4. The minimum atomic E-state index is -3.45. The van der Waals surface area contributed by atoms with Crippen molar-refractivity contribution in [1.82, 2.24) is 5.32 Å². The Morgan fingerprint density at radius 3 is 2.31 bits per heavy atom. The highest BCUT2D eigenvalue weighted by Gasteiger charge is 2.50. The highest BCUT2D eigenvalue weighted by Crippen LogP contribution is 2.40. The predicted molar refractivity (Wildman–Crippen MR) is 123 cm³/mol. The predicted octanol–water partition coefficient (Wildman–Crippen LogP) is 5.22. The van der Waals surface area contributed by atoms with Crippen molar-refractivity contribution < 1.29 is 8.42 Å². The summed E-state index contributed by atoms with van der Waals surface area (Å²) in [4.78, 5) is 0. The van der Waals surface area contributed by atoms with Gasteiger partial charge in [-0.3, -0.25) is 5.41 Å². The minimum Gasteiger partial charge on any atom is -0.362 e. The molecule has 0 spiro atoms. The lowest BCUT2D eigenvalue weighted by Crippen LogP contribution is -2.63. The number of thiophene rings is 1. The fourth-order valence-corrected chi connectivity index (χ4v) is 6.99. The molecule has 150 valence electrons. The summed E-state index contributed by atoms with van der Waals surface area (Å²) in [6.07, 6.45) is 4.58. The molecule has 6 heteroatoms. The van der Waals surface area contributed by atoms with E-state index in [0.717, 1.165) is 23.8 Å². The molecule has 2 aliphatic rings. The van der Waals surface area contributed by atoms with Crippen LogP contribution < -0.4 is 5.32 Å². The Balaban J connectivity index is 1.66. The number of hydrogen-bond acceptors (Lipinski definition) is 4. The Morgan fingerprint density at radius 2 is 1.69 bits per heavy atom. The smallest absolute Gasteiger partial charge is 0.165 e. The van der Waals surface area contributed by atoms with Crippen molar-refractivity contribution in [3.63, 3.8) is 0 Å². The van der Waals surface area contributed by atoms with E-state index in [2.05, 4.69) is 41.7 Å². The number of rotatable bonds is 2. The van der Waals surface area contributed by atoms with Crippen LogP contribution in [-0.2, 0) is 15.4 Å². The molecule has 2 aromatic carbocycles. The zero-order valence-corrected chi connectivity index (χ0v) is 18.4. The van der Waals surface area contributed by atoms with E-state index in [9.17, 15) is 8.42 Å². The van der Waals surface area contributed by atoms with E-state index in [0.29, 0.717) is 0 Å². The Hall–Kier alpha value is -2.18. The minimum absolute atomic E-state index is 0.0267. The number of amidine groups is 1. The van der Waals surface area contributed by atoms with Crippen LogP contribution in [0, 0.1) is 5.41 Å². The Bertz CT molecular complexity index is 1330. The largest absolute Gasteiger partial charge is 0.362 e. The number of fused-ring (bicyclic) bond motifs is 3. The van der Waals surface area contributed by atoms with Gasteiger partial charge in [0.2, 0.25) is 0 Å². The maximum atomic E-state index is 12.9. The molecule has 1 aliphatic heterocycles. The van der Waals surface area contributed by atoms with Crippen LogP contribution in [0.1, 0.15) is 44.7 Å². The first kappa shape index (κ1) is 18.8. The highest BCUT2D eigenvalue weighted by molar-refractivity contribution is 7.93. The van der Waals surface area contributed by atoms with Gasteiger partial charge in [0.1, 0.15) is 10.6 Å². The molecule has 0 bridgehead atoms. The van der Waals surface area contributed by atoms with Gasteiger partial charge in [0.15, 0.2) is 9.84 Å². The molecule has 0 radical (unpaired) electrons. The second-order valence-electron chi connectivity index (χ2n) is 8.89. The zero-order chi connectivity index (χ0) is 20.6. The molecule has 0 saturated carbocycles. The summed E-state index contributed by atoms with van der Waals surface area (Å²) in [6, 6.07) is 12.9. The molecule has 1 aromatic heterocycles. The molecule has 2 N–H and O–H groups in total. The Kier molecular flexibility index (Phi) is 3.84. The topological polar surface area (TPSA) is 70.0 Å². The standard InChI is InChI=1S/C23H24N2O2S2/c1-22(2)21(24)25-23(3,13-29(22,26)27)16-8-10-20-18(12-16)17-11-15(14-5-4-6-14)7-9-19(17)28-20/h5,7-12H,4,6,13H2,1-3H3,(H2,24,25)/t23-/m0/s1. The molecule has 5 rings (SSSR count). The van der Waals surface area contributed by atoms with Gasteiger partial charge >= 0.3 is 0 Å². The summed E-state index contributed by atoms with van der Waals surface area (Å²) in [5.74, 6) is 0.0295. The molecule has 0 unspecified atom stereocenters. The average molecular weight is 425 g/mol. The first-order chi connectivity index (χ1) is 13.6. The summed E-state index contributed by atoms with van der Waals surface area (Å²) < 4.78 is 27.1. The van der Waals surface area contributed by atoms with Crippen molar-refractivity contribution in [2.24, 2.45) is 0 Å². The molecule has 0 amide bonds. The van der Waals surface area contributed by atoms with Crippen molar-refractivity contribution in [3.8, 4) is 0 Å². The van der Waals surface area contributed by atoms with Crippen LogP contribution in [0.4, 0.5) is 0 Å². The van der Waals surface area contributed by atoms with Crippen molar-refractivity contribution >= 4 is 52.8 Å². The van der Waals surface area contributed by atoms with Crippen molar-refractivity contribution in [2.75, 3.05) is 5.75 Å². The molecular weight excluding hydrogens is 400 g/mol. The second-order valence-corrected chi connectivity index (χ2v) is 12.5. The quantitative estimate of drug-likeness (QED) is 0.592. The molecule has 3 aromatic rings. The van der Waals surface area contributed by atoms with Crippen LogP contribution in [-0.4, -0.2) is 24.8 Å². The Labute approximate surface area is 175 Å². The van der Waals surface area contributed by atoms with E-state index in [-0.39, 0.29) is 11.6 Å². The number of allylic oxidation sites excluding steroid dienone is 2. The molecule has 1 saturated heterocycles. The van der Waals surface area contributed by atoms with Crippen molar-refractivity contribution in [3.05, 3.63) is 53.6 Å². The lowest BCUT2D eigenvalue weighted by Gasteiger charge is -2.43. The maximum Gasteiger partial charge on any atom is 0.165 e. The number of hydrogen-bond donors (Lipinski definition) is 2. The van der Waals surface area contributed by atoms with Crippen LogP contribution >= 0.6 is 11.3 Å². The Morgan fingerprint density at radius 1 is 1.03 bits per heavy atom. The monoisotopic (exact) mass is 424 g/mol. The third kappa shape index (κ3) is 2.69. The SMILES string of the molecule is CC1(C)C(=N)N[C@](C)(c2ccc3sc4ccc(C5=CCC5)cc4c3c2)CS1(=O)=O.